The highest BCUT2D eigenvalue weighted by molar-refractivity contribution is 5.60. The van der Waals surface area contributed by atoms with Crippen LogP contribution in [0.4, 0.5) is 40.7 Å². The van der Waals surface area contributed by atoms with Gasteiger partial charge < -0.3 is 15.0 Å². The number of morpholine rings is 1. The number of hydrazine groups is 1. The van der Waals surface area contributed by atoms with Crippen LogP contribution in [0.5, 0.6) is 0 Å². The van der Waals surface area contributed by atoms with Crippen molar-refractivity contribution in [1.29, 1.82) is 0 Å². The van der Waals surface area contributed by atoms with Gasteiger partial charge >= 0.3 is 6.18 Å². The first kappa shape index (κ1) is 23.6. The predicted molar refractivity (Wildman–Crippen MR) is 119 cm³/mol. The summed E-state index contributed by atoms with van der Waals surface area (Å²) in [4.78, 5) is 14.4. The fraction of sp³-hybridized carbons (Fsp3) is 0.318. The first-order valence-corrected chi connectivity index (χ1v) is 10.5. The Morgan fingerprint density at radius 1 is 1.06 bits per heavy atom. The Bertz CT molecular complexity index is 1140. The van der Waals surface area contributed by atoms with E-state index in [4.69, 9.17) is 4.74 Å². The van der Waals surface area contributed by atoms with Gasteiger partial charge in [-0.2, -0.15) is 18.2 Å². The summed E-state index contributed by atoms with van der Waals surface area (Å²) in [6.07, 6.45) is -1.76. The van der Waals surface area contributed by atoms with E-state index in [1.165, 1.54) is 12.3 Å². The number of pyridine rings is 1. The molecule has 12 heteroatoms. The van der Waals surface area contributed by atoms with Gasteiger partial charge in [-0.25, -0.2) is 14.8 Å². The Kier molecular flexibility index (Phi) is 7.08. The van der Waals surface area contributed by atoms with Gasteiger partial charge in [-0.15, -0.1) is 0 Å². The van der Waals surface area contributed by atoms with Gasteiger partial charge in [0, 0.05) is 18.8 Å². The fourth-order valence-corrected chi connectivity index (χ4v) is 3.42. The van der Waals surface area contributed by atoms with Crippen molar-refractivity contribution in [2.75, 3.05) is 41.9 Å². The number of halogens is 4. The van der Waals surface area contributed by atoms with E-state index < -0.39 is 17.6 Å². The SMILES string of the molecule is Cc1cc(Nc2cccc(C(F)(F)F)c2)cnc1CNNc1ncc(F)c(N2CCOCC2)n1. The molecule has 1 aromatic carbocycles. The van der Waals surface area contributed by atoms with Crippen molar-refractivity contribution in [3.63, 3.8) is 0 Å². The summed E-state index contributed by atoms with van der Waals surface area (Å²) in [5, 5.41) is 2.94. The predicted octanol–water partition coefficient (Wildman–Crippen LogP) is 4.03. The summed E-state index contributed by atoms with van der Waals surface area (Å²) in [6, 6.07) is 6.75. The van der Waals surface area contributed by atoms with E-state index in [0.717, 1.165) is 23.9 Å². The molecule has 3 aromatic rings. The molecule has 1 fully saturated rings. The number of ether oxygens (including phenoxy) is 1. The standard InChI is InChI=1S/C22H23F4N7O/c1-14-9-17(30-16-4-2-3-15(10-16)22(24,25)26)11-27-19(14)13-29-32-21-28-12-18(23)20(31-21)33-5-7-34-8-6-33/h2-4,9-12,29-30H,5-8,13H2,1H3,(H,28,31,32). The van der Waals surface area contributed by atoms with Gasteiger partial charge in [-0.3, -0.25) is 10.4 Å². The van der Waals surface area contributed by atoms with Crippen molar-refractivity contribution >= 4 is 23.1 Å². The minimum absolute atomic E-state index is 0.210. The molecular formula is C22H23F4N7O. The van der Waals surface area contributed by atoms with Crippen LogP contribution in [0.15, 0.2) is 42.7 Å². The Morgan fingerprint density at radius 3 is 2.59 bits per heavy atom. The zero-order valence-corrected chi connectivity index (χ0v) is 18.3. The van der Waals surface area contributed by atoms with Crippen molar-refractivity contribution in [1.82, 2.24) is 20.4 Å². The van der Waals surface area contributed by atoms with Gasteiger partial charge in [0.25, 0.3) is 0 Å². The van der Waals surface area contributed by atoms with Crippen LogP contribution >= 0.6 is 0 Å². The summed E-state index contributed by atoms with van der Waals surface area (Å²) >= 11 is 0. The number of nitrogens with zero attached hydrogens (tertiary/aromatic N) is 4. The van der Waals surface area contributed by atoms with Crippen LogP contribution in [-0.4, -0.2) is 41.3 Å². The van der Waals surface area contributed by atoms with Gasteiger partial charge in [0.2, 0.25) is 5.95 Å². The number of rotatable bonds is 7. The Labute approximate surface area is 193 Å². The second-order valence-electron chi connectivity index (χ2n) is 7.63. The molecule has 2 aromatic heterocycles. The highest BCUT2D eigenvalue weighted by atomic mass is 19.4. The Morgan fingerprint density at radius 2 is 1.85 bits per heavy atom. The maximum Gasteiger partial charge on any atom is 0.416 e. The van der Waals surface area contributed by atoms with Crippen LogP contribution in [0.25, 0.3) is 0 Å². The lowest BCUT2D eigenvalue weighted by atomic mass is 10.1. The molecule has 3 heterocycles. The van der Waals surface area contributed by atoms with E-state index in [2.05, 4.69) is 31.1 Å². The lowest BCUT2D eigenvalue weighted by Crippen LogP contribution is -2.37. The molecule has 4 rings (SSSR count). The summed E-state index contributed by atoms with van der Waals surface area (Å²) in [7, 11) is 0. The minimum atomic E-state index is -4.41. The summed E-state index contributed by atoms with van der Waals surface area (Å²) < 4.78 is 58.2. The second kappa shape index (κ2) is 10.2. The first-order chi connectivity index (χ1) is 16.3. The normalized spacial score (nSPS) is 14.2. The quantitative estimate of drug-likeness (QED) is 0.347. The van der Waals surface area contributed by atoms with Crippen LogP contribution in [-0.2, 0) is 17.5 Å². The molecule has 0 saturated carbocycles. The highest BCUT2D eigenvalue weighted by Crippen LogP contribution is 2.31. The molecule has 0 spiro atoms. The van der Waals surface area contributed by atoms with E-state index >= 15 is 0 Å². The number of benzene rings is 1. The van der Waals surface area contributed by atoms with E-state index in [1.807, 2.05) is 6.92 Å². The number of aryl methyl sites for hydroxylation is 1. The smallest absolute Gasteiger partial charge is 0.378 e. The van der Waals surface area contributed by atoms with E-state index in [0.29, 0.717) is 49.9 Å². The van der Waals surface area contributed by atoms with Gasteiger partial charge in [-0.05, 0) is 36.8 Å². The third-order valence-corrected chi connectivity index (χ3v) is 5.16. The van der Waals surface area contributed by atoms with Crippen molar-refractivity contribution < 1.29 is 22.3 Å². The molecule has 1 aliphatic heterocycles. The molecule has 3 N–H and O–H groups in total. The van der Waals surface area contributed by atoms with Gasteiger partial charge in [0.15, 0.2) is 11.6 Å². The lowest BCUT2D eigenvalue weighted by molar-refractivity contribution is -0.137. The average Bonchev–Trinajstić information content (AvgIpc) is 2.82. The molecular weight excluding hydrogens is 454 g/mol. The number of hydrogen-bond acceptors (Lipinski definition) is 8. The molecule has 180 valence electrons. The van der Waals surface area contributed by atoms with E-state index in [9.17, 15) is 17.6 Å². The third-order valence-electron chi connectivity index (χ3n) is 5.16. The maximum absolute atomic E-state index is 14.1. The summed E-state index contributed by atoms with van der Waals surface area (Å²) in [5.41, 5.74) is 7.47. The van der Waals surface area contributed by atoms with Gasteiger partial charge in [0.05, 0.1) is 49.1 Å². The van der Waals surface area contributed by atoms with Crippen molar-refractivity contribution in [3.05, 3.63) is 65.4 Å². The minimum Gasteiger partial charge on any atom is -0.378 e. The Balaban J connectivity index is 1.36. The average molecular weight is 477 g/mol. The molecule has 0 aliphatic carbocycles. The monoisotopic (exact) mass is 477 g/mol. The number of nitrogens with one attached hydrogen (secondary N) is 3. The number of alkyl halides is 3. The number of aromatic nitrogens is 3. The Hall–Kier alpha value is -3.51. The number of anilines is 4. The van der Waals surface area contributed by atoms with Gasteiger partial charge in [0.1, 0.15) is 0 Å². The van der Waals surface area contributed by atoms with E-state index in [1.54, 1.807) is 17.0 Å². The van der Waals surface area contributed by atoms with Crippen molar-refractivity contribution in [3.8, 4) is 0 Å². The number of hydrogen-bond donors (Lipinski definition) is 3. The first-order valence-electron chi connectivity index (χ1n) is 10.5. The molecule has 0 atom stereocenters. The van der Waals surface area contributed by atoms with Crippen LogP contribution in [0.1, 0.15) is 16.8 Å². The summed E-state index contributed by atoms with van der Waals surface area (Å²) in [5.74, 6) is -0.0841. The zero-order valence-electron chi connectivity index (χ0n) is 18.3. The molecule has 0 unspecified atom stereocenters. The van der Waals surface area contributed by atoms with Crippen molar-refractivity contribution in [2.24, 2.45) is 0 Å². The zero-order chi connectivity index (χ0) is 24.1. The van der Waals surface area contributed by atoms with Gasteiger partial charge in [-0.1, -0.05) is 6.07 Å². The molecule has 34 heavy (non-hydrogen) atoms. The van der Waals surface area contributed by atoms with Crippen LogP contribution in [0.3, 0.4) is 0 Å². The largest absolute Gasteiger partial charge is 0.416 e. The maximum atomic E-state index is 14.1. The second-order valence-corrected chi connectivity index (χ2v) is 7.63. The molecule has 0 amide bonds. The topological polar surface area (TPSA) is 87.2 Å². The van der Waals surface area contributed by atoms with E-state index in [-0.39, 0.29) is 11.8 Å². The molecule has 0 bridgehead atoms. The van der Waals surface area contributed by atoms with Crippen LogP contribution in [0.2, 0.25) is 0 Å². The van der Waals surface area contributed by atoms with Crippen molar-refractivity contribution in [2.45, 2.75) is 19.6 Å². The molecule has 0 radical (unpaired) electrons. The highest BCUT2D eigenvalue weighted by Gasteiger charge is 2.30. The fourth-order valence-electron chi connectivity index (χ4n) is 3.42. The molecule has 1 aliphatic rings. The molecule has 1 saturated heterocycles. The van der Waals surface area contributed by atoms with Crippen LogP contribution in [0, 0.1) is 12.7 Å². The molecule has 8 nitrogen and oxygen atoms in total. The summed E-state index contributed by atoms with van der Waals surface area (Å²) in [6.45, 7) is 4.26. The van der Waals surface area contributed by atoms with Crippen LogP contribution < -0.4 is 21.1 Å². The lowest BCUT2D eigenvalue weighted by Gasteiger charge is -2.28. The third kappa shape index (κ3) is 5.88.